The zero-order valence-electron chi connectivity index (χ0n) is 14.0. The molecule has 1 atom stereocenters. The Balaban J connectivity index is 1.64. The van der Waals surface area contributed by atoms with Crippen molar-refractivity contribution in [2.24, 2.45) is 0 Å². The molecule has 0 fully saturated rings. The van der Waals surface area contributed by atoms with Crippen LogP contribution in [0.15, 0.2) is 66.7 Å². The van der Waals surface area contributed by atoms with E-state index in [1.807, 2.05) is 49.4 Å². The van der Waals surface area contributed by atoms with E-state index in [0.29, 0.717) is 6.54 Å². The van der Waals surface area contributed by atoms with Crippen LogP contribution in [-0.4, -0.2) is 6.03 Å². The molecule has 0 aliphatic carbocycles. The van der Waals surface area contributed by atoms with Crippen molar-refractivity contribution >= 4 is 16.8 Å². The molecule has 0 saturated carbocycles. The van der Waals surface area contributed by atoms with Gasteiger partial charge in [-0.05, 0) is 35.7 Å². The lowest BCUT2D eigenvalue weighted by Crippen LogP contribution is -2.36. The summed E-state index contributed by atoms with van der Waals surface area (Å²) >= 11 is 0. The van der Waals surface area contributed by atoms with Crippen molar-refractivity contribution in [3.8, 4) is 0 Å². The van der Waals surface area contributed by atoms with E-state index < -0.39 is 0 Å². The zero-order chi connectivity index (χ0) is 16.9. The molecule has 0 aliphatic rings. The molecule has 3 aromatic carbocycles. The Labute approximate surface area is 142 Å². The molecule has 0 aromatic heterocycles. The quantitative estimate of drug-likeness (QED) is 0.719. The van der Waals surface area contributed by atoms with Crippen molar-refractivity contribution in [2.45, 2.75) is 26.4 Å². The van der Waals surface area contributed by atoms with Crippen molar-refractivity contribution in [3.63, 3.8) is 0 Å². The number of fused-ring (bicyclic) bond motifs is 1. The molecule has 24 heavy (non-hydrogen) atoms. The highest BCUT2D eigenvalue weighted by Gasteiger charge is 2.11. The SMILES string of the molecule is Cc1ccc(CNC(=O)NC(C)c2cccc3ccccc23)cc1. The number of aryl methyl sites for hydroxylation is 1. The minimum absolute atomic E-state index is 0.0610. The van der Waals surface area contributed by atoms with Gasteiger partial charge in [-0.1, -0.05) is 72.3 Å². The molecular weight excluding hydrogens is 296 g/mol. The first kappa shape index (κ1) is 16.1. The third-order valence-corrected chi connectivity index (χ3v) is 4.21. The predicted molar refractivity (Wildman–Crippen MR) is 98.9 cm³/mol. The van der Waals surface area contributed by atoms with Crippen LogP contribution in [0.2, 0.25) is 0 Å². The van der Waals surface area contributed by atoms with Gasteiger partial charge < -0.3 is 10.6 Å². The Kier molecular flexibility index (Phi) is 4.80. The average molecular weight is 318 g/mol. The van der Waals surface area contributed by atoms with E-state index in [1.54, 1.807) is 0 Å². The van der Waals surface area contributed by atoms with Gasteiger partial charge in [0, 0.05) is 6.54 Å². The van der Waals surface area contributed by atoms with Crippen LogP contribution < -0.4 is 10.6 Å². The molecule has 0 radical (unpaired) electrons. The molecule has 1 unspecified atom stereocenters. The first-order valence-corrected chi connectivity index (χ1v) is 8.21. The maximum Gasteiger partial charge on any atom is 0.315 e. The van der Waals surface area contributed by atoms with Crippen LogP contribution in [0.1, 0.15) is 29.7 Å². The molecule has 122 valence electrons. The maximum absolute atomic E-state index is 12.2. The molecule has 3 heteroatoms. The smallest absolute Gasteiger partial charge is 0.315 e. The monoisotopic (exact) mass is 318 g/mol. The van der Waals surface area contributed by atoms with E-state index in [1.165, 1.54) is 16.3 Å². The molecule has 0 heterocycles. The fourth-order valence-electron chi connectivity index (χ4n) is 2.84. The van der Waals surface area contributed by atoms with Crippen LogP contribution in [-0.2, 0) is 6.54 Å². The highest BCUT2D eigenvalue weighted by Crippen LogP contribution is 2.23. The lowest BCUT2D eigenvalue weighted by atomic mass is 10.00. The van der Waals surface area contributed by atoms with E-state index in [2.05, 4.69) is 41.8 Å². The van der Waals surface area contributed by atoms with E-state index in [0.717, 1.165) is 11.1 Å². The molecule has 0 saturated heterocycles. The van der Waals surface area contributed by atoms with E-state index in [-0.39, 0.29) is 12.1 Å². The first-order chi connectivity index (χ1) is 11.6. The largest absolute Gasteiger partial charge is 0.334 e. The number of urea groups is 1. The number of hydrogen-bond acceptors (Lipinski definition) is 1. The Morgan fingerprint density at radius 2 is 1.67 bits per heavy atom. The lowest BCUT2D eigenvalue weighted by molar-refractivity contribution is 0.237. The minimum Gasteiger partial charge on any atom is -0.334 e. The van der Waals surface area contributed by atoms with Gasteiger partial charge in [-0.2, -0.15) is 0 Å². The lowest BCUT2D eigenvalue weighted by Gasteiger charge is -2.17. The second-order valence-electron chi connectivity index (χ2n) is 6.10. The molecular formula is C21H22N2O. The molecule has 3 nitrogen and oxygen atoms in total. The molecule has 0 aliphatic heterocycles. The number of amides is 2. The Bertz CT molecular complexity index is 835. The van der Waals surface area contributed by atoms with Crippen molar-refractivity contribution in [3.05, 3.63) is 83.4 Å². The van der Waals surface area contributed by atoms with Crippen LogP contribution in [0.4, 0.5) is 4.79 Å². The van der Waals surface area contributed by atoms with Crippen LogP contribution in [0.3, 0.4) is 0 Å². The summed E-state index contributed by atoms with van der Waals surface area (Å²) in [4.78, 5) is 12.2. The van der Waals surface area contributed by atoms with Crippen molar-refractivity contribution in [1.82, 2.24) is 10.6 Å². The summed E-state index contributed by atoms with van der Waals surface area (Å²) in [5, 5.41) is 8.29. The van der Waals surface area contributed by atoms with Crippen LogP contribution in [0, 0.1) is 6.92 Å². The van der Waals surface area contributed by atoms with Gasteiger partial charge >= 0.3 is 6.03 Å². The first-order valence-electron chi connectivity index (χ1n) is 8.21. The number of rotatable bonds is 4. The van der Waals surface area contributed by atoms with Crippen molar-refractivity contribution < 1.29 is 4.79 Å². The van der Waals surface area contributed by atoms with E-state index >= 15 is 0 Å². The third kappa shape index (κ3) is 3.74. The number of carbonyl (C=O) groups is 1. The highest BCUT2D eigenvalue weighted by molar-refractivity contribution is 5.86. The van der Waals surface area contributed by atoms with E-state index in [4.69, 9.17) is 0 Å². The predicted octanol–water partition coefficient (Wildman–Crippen LogP) is 4.71. The fourth-order valence-corrected chi connectivity index (χ4v) is 2.84. The third-order valence-electron chi connectivity index (χ3n) is 4.21. The summed E-state index contributed by atoms with van der Waals surface area (Å²) in [5.41, 5.74) is 3.43. The van der Waals surface area contributed by atoms with Gasteiger partial charge in [-0.3, -0.25) is 0 Å². The molecule has 2 amide bonds. The maximum atomic E-state index is 12.2. The van der Waals surface area contributed by atoms with Crippen LogP contribution in [0.25, 0.3) is 10.8 Å². The van der Waals surface area contributed by atoms with Crippen molar-refractivity contribution in [1.29, 1.82) is 0 Å². The number of hydrogen-bond donors (Lipinski definition) is 2. The number of benzene rings is 3. The normalized spacial score (nSPS) is 11.9. The molecule has 0 spiro atoms. The fraction of sp³-hybridized carbons (Fsp3) is 0.190. The van der Waals surface area contributed by atoms with Gasteiger partial charge in [0.15, 0.2) is 0 Å². The summed E-state index contributed by atoms with van der Waals surface area (Å²) in [6, 6.07) is 22.3. The second kappa shape index (κ2) is 7.18. The van der Waals surface area contributed by atoms with Gasteiger partial charge in [0.2, 0.25) is 0 Å². The average Bonchev–Trinajstić information content (AvgIpc) is 2.60. The van der Waals surface area contributed by atoms with Crippen LogP contribution >= 0.6 is 0 Å². The Morgan fingerprint density at radius 3 is 2.46 bits per heavy atom. The van der Waals surface area contributed by atoms with Gasteiger partial charge in [0.1, 0.15) is 0 Å². The highest BCUT2D eigenvalue weighted by atomic mass is 16.2. The Hall–Kier alpha value is -2.81. The Morgan fingerprint density at radius 1 is 0.958 bits per heavy atom. The summed E-state index contributed by atoms with van der Waals surface area (Å²) in [7, 11) is 0. The molecule has 3 rings (SSSR count). The summed E-state index contributed by atoms with van der Waals surface area (Å²) in [6.07, 6.45) is 0. The van der Waals surface area contributed by atoms with Crippen molar-refractivity contribution in [2.75, 3.05) is 0 Å². The summed E-state index contributed by atoms with van der Waals surface area (Å²) in [6.45, 7) is 4.58. The van der Waals surface area contributed by atoms with E-state index in [9.17, 15) is 4.79 Å². The summed E-state index contributed by atoms with van der Waals surface area (Å²) in [5.74, 6) is 0. The molecule has 3 aromatic rings. The number of carbonyl (C=O) groups excluding carboxylic acids is 1. The van der Waals surface area contributed by atoms with Gasteiger partial charge in [-0.25, -0.2) is 4.79 Å². The zero-order valence-corrected chi connectivity index (χ0v) is 14.0. The second-order valence-corrected chi connectivity index (χ2v) is 6.10. The van der Waals surface area contributed by atoms with Gasteiger partial charge in [0.25, 0.3) is 0 Å². The standard InChI is InChI=1S/C21H22N2O/c1-15-10-12-17(13-11-15)14-22-21(24)23-16(2)19-9-5-7-18-6-3-4-8-20(18)19/h3-13,16H,14H2,1-2H3,(H2,22,23,24). The minimum atomic E-state index is -0.156. The van der Waals surface area contributed by atoms with Gasteiger partial charge in [-0.15, -0.1) is 0 Å². The topological polar surface area (TPSA) is 41.1 Å². The van der Waals surface area contributed by atoms with Gasteiger partial charge in [0.05, 0.1) is 6.04 Å². The molecule has 0 bridgehead atoms. The molecule has 2 N–H and O–H groups in total. The number of nitrogens with one attached hydrogen (secondary N) is 2. The van der Waals surface area contributed by atoms with Crippen LogP contribution in [0.5, 0.6) is 0 Å². The summed E-state index contributed by atoms with van der Waals surface area (Å²) < 4.78 is 0.